The van der Waals surface area contributed by atoms with E-state index in [9.17, 15) is 19.5 Å². The van der Waals surface area contributed by atoms with Crippen LogP contribution in [0.3, 0.4) is 0 Å². The van der Waals surface area contributed by atoms with Gasteiger partial charge in [0.05, 0.1) is 38.5 Å². The Morgan fingerprint density at radius 1 is 0.921 bits per heavy atom. The Morgan fingerprint density at radius 3 is 2.42 bits per heavy atom. The molecule has 9 heteroatoms. The number of aliphatic hydroxyl groups excluding tert-OH is 1. The lowest BCUT2D eigenvalue weighted by molar-refractivity contribution is -0.117. The summed E-state index contributed by atoms with van der Waals surface area (Å²) in [6.45, 7) is 0. The van der Waals surface area contributed by atoms with Gasteiger partial charge in [0, 0.05) is 11.1 Å². The zero-order chi connectivity index (χ0) is 27.0. The number of ketones is 1. The third-order valence-corrected chi connectivity index (χ3v) is 6.36. The highest BCUT2D eigenvalue weighted by molar-refractivity contribution is 6.21. The Morgan fingerprint density at radius 2 is 1.68 bits per heavy atom. The Bertz CT molecular complexity index is 1620. The molecule has 4 aromatic rings. The number of hydrogen-bond donors (Lipinski definition) is 1. The van der Waals surface area contributed by atoms with E-state index in [1.54, 1.807) is 54.6 Å². The Hall–Kier alpha value is -5.05. The third-order valence-electron chi connectivity index (χ3n) is 6.36. The summed E-state index contributed by atoms with van der Waals surface area (Å²) in [5.41, 5.74) is 1.17. The van der Waals surface area contributed by atoms with Crippen LogP contribution in [0.4, 0.5) is 5.69 Å². The molecule has 0 radical (unpaired) electrons. The molecule has 1 aliphatic rings. The number of furan rings is 1. The van der Waals surface area contributed by atoms with Gasteiger partial charge in [0.15, 0.2) is 22.9 Å². The van der Waals surface area contributed by atoms with E-state index in [4.69, 9.17) is 18.6 Å². The molecule has 0 fully saturated rings. The topological polar surface area (TPSA) is 116 Å². The number of Topliss-reactive ketones (excluding diaryl/α,β-unsaturated/α-hetero) is 1. The minimum absolute atomic E-state index is 0.0723. The number of anilines is 1. The van der Waals surface area contributed by atoms with Crippen molar-refractivity contribution in [1.29, 1.82) is 0 Å². The normalized spacial score (nSPS) is 15.2. The maximum Gasteiger partial charge on any atom is 0.337 e. The van der Waals surface area contributed by atoms with Crippen molar-refractivity contribution < 1.29 is 38.1 Å². The Balaban J connectivity index is 1.67. The zero-order valence-electron chi connectivity index (χ0n) is 20.8. The van der Waals surface area contributed by atoms with Crippen molar-refractivity contribution in [2.75, 3.05) is 26.2 Å². The quantitative estimate of drug-likeness (QED) is 0.271. The van der Waals surface area contributed by atoms with Gasteiger partial charge in [-0.2, -0.15) is 0 Å². The molecule has 1 N–H and O–H groups in total. The molecule has 192 valence electrons. The van der Waals surface area contributed by atoms with Crippen LogP contribution < -0.4 is 14.4 Å². The number of nitrogens with zero attached hydrogens (tertiary/aromatic N) is 1. The van der Waals surface area contributed by atoms with Crippen LogP contribution in [0.25, 0.3) is 11.0 Å². The number of hydrogen-bond acceptors (Lipinski definition) is 8. The fourth-order valence-corrected chi connectivity index (χ4v) is 4.57. The number of para-hydroxylation sites is 1. The van der Waals surface area contributed by atoms with E-state index < -0.39 is 29.5 Å². The van der Waals surface area contributed by atoms with Crippen molar-refractivity contribution in [3.8, 4) is 11.5 Å². The van der Waals surface area contributed by atoms with Gasteiger partial charge >= 0.3 is 5.97 Å². The molecule has 2 heterocycles. The van der Waals surface area contributed by atoms with E-state index in [-0.39, 0.29) is 22.6 Å². The second kappa shape index (κ2) is 9.78. The summed E-state index contributed by atoms with van der Waals surface area (Å²) in [6.07, 6.45) is 0. The van der Waals surface area contributed by atoms with Gasteiger partial charge in [-0.1, -0.05) is 30.3 Å². The first-order chi connectivity index (χ1) is 18.4. The Kier molecular flexibility index (Phi) is 6.34. The van der Waals surface area contributed by atoms with Crippen LogP contribution in [0, 0.1) is 0 Å². The summed E-state index contributed by atoms with van der Waals surface area (Å²) in [6, 6.07) is 18.7. The van der Waals surface area contributed by atoms with Crippen LogP contribution in [0.1, 0.15) is 32.5 Å². The van der Waals surface area contributed by atoms with Gasteiger partial charge in [-0.05, 0) is 48.0 Å². The van der Waals surface area contributed by atoms with Gasteiger partial charge in [0.2, 0.25) is 5.78 Å². The molecule has 9 nitrogen and oxygen atoms in total. The molecule has 5 rings (SSSR count). The van der Waals surface area contributed by atoms with Crippen molar-refractivity contribution in [1.82, 2.24) is 0 Å². The maximum atomic E-state index is 13.9. The van der Waals surface area contributed by atoms with E-state index >= 15 is 0 Å². The zero-order valence-corrected chi connectivity index (χ0v) is 20.8. The van der Waals surface area contributed by atoms with Crippen LogP contribution >= 0.6 is 0 Å². The lowest BCUT2D eigenvalue weighted by Crippen LogP contribution is -2.31. The summed E-state index contributed by atoms with van der Waals surface area (Å²) < 4.78 is 21.4. The van der Waals surface area contributed by atoms with E-state index in [2.05, 4.69) is 0 Å². The molecule has 3 aromatic carbocycles. The average molecular weight is 514 g/mol. The third kappa shape index (κ3) is 4.03. The number of aliphatic hydroxyl groups is 1. The van der Waals surface area contributed by atoms with Crippen LogP contribution in [-0.4, -0.2) is 44.1 Å². The summed E-state index contributed by atoms with van der Waals surface area (Å²) in [4.78, 5) is 40.8. The van der Waals surface area contributed by atoms with Gasteiger partial charge in [-0.15, -0.1) is 0 Å². The first kappa shape index (κ1) is 24.6. The van der Waals surface area contributed by atoms with Crippen molar-refractivity contribution in [2.45, 2.75) is 6.04 Å². The van der Waals surface area contributed by atoms with Crippen LogP contribution in [0.5, 0.6) is 11.5 Å². The van der Waals surface area contributed by atoms with Gasteiger partial charge in [-0.25, -0.2) is 4.79 Å². The molecule has 38 heavy (non-hydrogen) atoms. The highest BCUT2D eigenvalue weighted by Crippen LogP contribution is 2.43. The summed E-state index contributed by atoms with van der Waals surface area (Å²) in [5.74, 6) is -1.94. The monoisotopic (exact) mass is 513 g/mol. The van der Waals surface area contributed by atoms with Crippen molar-refractivity contribution in [2.24, 2.45) is 0 Å². The lowest BCUT2D eigenvalue weighted by Gasteiger charge is -2.27. The van der Waals surface area contributed by atoms with Crippen molar-refractivity contribution in [3.63, 3.8) is 0 Å². The second-order valence-electron chi connectivity index (χ2n) is 8.48. The first-order valence-electron chi connectivity index (χ1n) is 11.6. The number of rotatable bonds is 7. The molecule has 0 spiro atoms. The number of carbonyl (C=O) groups excluding carboxylic acids is 3. The van der Waals surface area contributed by atoms with Crippen LogP contribution in [-0.2, 0) is 9.53 Å². The van der Waals surface area contributed by atoms with E-state index in [1.807, 2.05) is 0 Å². The van der Waals surface area contributed by atoms with Gasteiger partial charge in [0.1, 0.15) is 5.75 Å². The van der Waals surface area contributed by atoms with Gasteiger partial charge in [-0.3, -0.25) is 14.5 Å². The smallest absolute Gasteiger partial charge is 0.337 e. The molecule has 0 aliphatic carbocycles. The molecule has 1 aliphatic heterocycles. The van der Waals surface area contributed by atoms with Gasteiger partial charge in [0.25, 0.3) is 5.91 Å². The second-order valence-corrected chi connectivity index (χ2v) is 8.48. The molecule has 1 atom stereocenters. The number of methoxy groups -OCH3 is 3. The number of fused-ring (bicyclic) bond motifs is 1. The minimum Gasteiger partial charge on any atom is -0.503 e. The minimum atomic E-state index is -1.05. The van der Waals surface area contributed by atoms with Crippen molar-refractivity contribution in [3.05, 3.63) is 101 Å². The fourth-order valence-electron chi connectivity index (χ4n) is 4.57. The number of carbonyl (C=O) groups is 3. The molecule has 0 bridgehead atoms. The molecule has 1 aromatic heterocycles. The predicted octanol–water partition coefficient (Wildman–Crippen LogP) is 5.02. The molecule has 0 saturated carbocycles. The molecule has 1 unspecified atom stereocenters. The molecular formula is C29H23NO8. The highest BCUT2D eigenvalue weighted by Gasteiger charge is 2.45. The molecule has 1 amide bonds. The van der Waals surface area contributed by atoms with E-state index in [0.29, 0.717) is 28.0 Å². The van der Waals surface area contributed by atoms with Crippen LogP contribution in [0.15, 0.2) is 88.5 Å². The summed E-state index contributed by atoms with van der Waals surface area (Å²) in [7, 11) is 4.24. The number of benzene rings is 3. The molecule has 0 saturated heterocycles. The Labute approximate surface area is 217 Å². The highest BCUT2D eigenvalue weighted by atomic mass is 16.5. The number of ether oxygens (including phenoxy) is 3. The predicted molar refractivity (Wildman–Crippen MR) is 138 cm³/mol. The largest absolute Gasteiger partial charge is 0.503 e. The van der Waals surface area contributed by atoms with E-state index in [1.165, 1.54) is 44.4 Å². The molecular weight excluding hydrogens is 490 g/mol. The standard InChI is InChI=1S/C29H23NO8/c1-35-20-11-5-7-16(14-20)24-23(25(31)22-15-17-8-6-12-21(36-2)27(17)38-22)26(32)28(33)30(24)19-10-4-9-18(13-19)29(34)37-3/h4-15,24,32H,1-3H3. The average Bonchev–Trinajstić information content (AvgIpc) is 3.51. The SMILES string of the molecule is COC(=O)c1cccc(N2C(=O)C(O)=C(C(=O)c3cc4cccc(OC)c4o3)C2c2cccc(OC)c2)c1. The number of amides is 1. The van der Waals surface area contributed by atoms with Crippen LogP contribution in [0.2, 0.25) is 0 Å². The fraction of sp³-hybridized carbons (Fsp3) is 0.138. The lowest BCUT2D eigenvalue weighted by atomic mass is 9.94. The van der Waals surface area contributed by atoms with E-state index in [0.717, 1.165) is 0 Å². The van der Waals surface area contributed by atoms with Crippen molar-refractivity contribution >= 4 is 34.3 Å². The first-order valence-corrected chi connectivity index (χ1v) is 11.6. The summed E-state index contributed by atoms with van der Waals surface area (Å²) in [5, 5.41) is 11.7. The number of esters is 1. The van der Waals surface area contributed by atoms with Gasteiger partial charge < -0.3 is 23.7 Å². The summed E-state index contributed by atoms with van der Waals surface area (Å²) >= 11 is 0. The maximum absolute atomic E-state index is 13.9.